The summed E-state index contributed by atoms with van der Waals surface area (Å²) in [6, 6.07) is 81.9. The molecule has 0 spiro atoms. The minimum atomic E-state index is -0.0953. The summed E-state index contributed by atoms with van der Waals surface area (Å²) in [5.41, 5.74) is 15.0. The highest BCUT2D eigenvalue weighted by Gasteiger charge is 2.42. The van der Waals surface area contributed by atoms with Crippen LogP contribution in [0.4, 0.5) is 51.2 Å². The van der Waals surface area contributed by atoms with Crippen LogP contribution in [-0.4, -0.2) is 6.71 Å². The first kappa shape index (κ1) is 36.2. The normalized spacial score (nSPS) is 12.4. The predicted octanol–water partition coefficient (Wildman–Crippen LogP) is 14.1. The smallest absolute Gasteiger partial charge is 0.256 e. The molecule has 0 unspecified atom stereocenters. The zero-order valence-corrected chi connectivity index (χ0v) is 34.7. The number of hydrogen-bond acceptors (Lipinski definition) is 5. The molecule has 10 aromatic carbocycles. The van der Waals surface area contributed by atoms with Crippen molar-refractivity contribution in [2.45, 2.75) is 0 Å². The van der Waals surface area contributed by atoms with Crippen molar-refractivity contribution in [1.29, 1.82) is 0 Å². The van der Waals surface area contributed by atoms with E-state index in [1.54, 1.807) is 0 Å². The Morgan fingerprint density at radius 3 is 1.53 bits per heavy atom. The number of furan rings is 1. The van der Waals surface area contributed by atoms with Crippen LogP contribution in [-0.2, 0) is 0 Å². The summed E-state index contributed by atoms with van der Waals surface area (Å²) in [6.07, 6.45) is 0. The van der Waals surface area contributed by atoms with Crippen LogP contribution in [0.25, 0.3) is 32.7 Å². The van der Waals surface area contributed by atoms with Crippen molar-refractivity contribution in [3.8, 4) is 11.5 Å². The Kier molecular flexibility index (Phi) is 8.24. The highest BCUT2D eigenvalue weighted by atomic mass is 16.5. The Bertz CT molecular complexity index is 3470. The fourth-order valence-electron chi connectivity index (χ4n) is 10.0. The molecule has 0 atom stereocenters. The number of hydrogen-bond donors (Lipinski definition) is 0. The lowest BCUT2D eigenvalue weighted by atomic mass is 9.34. The lowest BCUT2D eigenvalue weighted by Crippen LogP contribution is -2.59. The molecule has 13 rings (SSSR count). The topological polar surface area (TPSA) is 32.1 Å². The van der Waals surface area contributed by atoms with Crippen LogP contribution in [0.2, 0.25) is 0 Å². The van der Waals surface area contributed by atoms with Crippen molar-refractivity contribution in [3.63, 3.8) is 0 Å². The molecule has 0 amide bonds. The average molecular weight is 820 g/mol. The number of benzene rings is 10. The summed E-state index contributed by atoms with van der Waals surface area (Å²) >= 11 is 0. The van der Waals surface area contributed by atoms with Crippen molar-refractivity contribution in [3.05, 3.63) is 231 Å². The van der Waals surface area contributed by atoms with Gasteiger partial charge in [0, 0.05) is 62.0 Å². The van der Waals surface area contributed by atoms with Gasteiger partial charge in [-0.15, -0.1) is 0 Å². The summed E-state index contributed by atoms with van der Waals surface area (Å²) < 4.78 is 13.8. The summed E-state index contributed by atoms with van der Waals surface area (Å²) in [7, 11) is 0. The third-order valence-corrected chi connectivity index (χ3v) is 12.8. The molecule has 2 aliphatic rings. The van der Waals surface area contributed by atoms with Crippen LogP contribution in [0.15, 0.2) is 235 Å². The average Bonchev–Trinajstić information content (AvgIpc) is 3.70. The summed E-state index contributed by atoms with van der Waals surface area (Å²) in [6.45, 7) is -0.0953. The predicted molar refractivity (Wildman–Crippen MR) is 266 cm³/mol. The van der Waals surface area contributed by atoms with Crippen molar-refractivity contribution >= 4 is 107 Å². The van der Waals surface area contributed by atoms with Crippen LogP contribution in [0.5, 0.6) is 11.5 Å². The molecule has 0 radical (unpaired) electrons. The Morgan fingerprint density at radius 1 is 0.359 bits per heavy atom. The number of anilines is 9. The molecular weight excluding hydrogens is 781 g/mol. The molecule has 5 nitrogen and oxygen atoms in total. The molecule has 0 saturated heterocycles. The van der Waals surface area contributed by atoms with Gasteiger partial charge in [-0.3, -0.25) is 0 Å². The van der Waals surface area contributed by atoms with E-state index in [4.69, 9.17) is 9.15 Å². The summed E-state index contributed by atoms with van der Waals surface area (Å²) in [4.78, 5) is 7.02. The van der Waals surface area contributed by atoms with Gasteiger partial charge < -0.3 is 23.9 Å². The zero-order chi connectivity index (χ0) is 42.1. The van der Waals surface area contributed by atoms with Gasteiger partial charge in [0.15, 0.2) is 0 Å². The monoisotopic (exact) mass is 819 g/mol. The SMILES string of the molecule is c1ccc(N(c2ccccc2)c2ccc3c(c2)N(c2ccccc2)c2cccc4c2B3c2cc3oc5cc6cc(N(c7ccccc7)c7ccccc7)ccc6cc5c3cc2O4)cc1. The van der Waals surface area contributed by atoms with Crippen LogP contribution in [0, 0.1) is 0 Å². The first-order chi connectivity index (χ1) is 31.7. The second-order valence-corrected chi connectivity index (χ2v) is 16.5. The first-order valence-electron chi connectivity index (χ1n) is 21.8. The van der Waals surface area contributed by atoms with E-state index in [-0.39, 0.29) is 6.71 Å². The third-order valence-electron chi connectivity index (χ3n) is 12.8. The van der Waals surface area contributed by atoms with E-state index >= 15 is 0 Å². The third kappa shape index (κ3) is 5.80. The zero-order valence-electron chi connectivity index (χ0n) is 34.7. The van der Waals surface area contributed by atoms with E-state index in [1.165, 1.54) is 5.46 Å². The molecule has 2 aliphatic heterocycles. The maximum Gasteiger partial charge on any atom is 0.256 e. The number of fused-ring (bicyclic) bond motifs is 8. The molecular formula is C58H38BN3O2. The lowest BCUT2D eigenvalue weighted by Gasteiger charge is -2.40. The Hall–Kier alpha value is -8.48. The molecule has 0 bridgehead atoms. The maximum absolute atomic E-state index is 6.96. The fraction of sp³-hybridized carbons (Fsp3) is 0. The number of para-hydroxylation sites is 5. The van der Waals surface area contributed by atoms with Crippen LogP contribution >= 0.6 is 0 Å². The Labute approximate surface area is 371 Å². The van der Waals surface area contributed by atoms with Crippen LogP contribution in [0.3, 0.4) is 0 Å². The summed E-state index contributed by atoms with van der Waals surface area (Å²) in [5, 5.41) is 4.35. The van der Waals surface area contributed by atoms with Gasteiger partial charge in [0.2, 0.25) is 0 Å². The highest BCUT2D eigenvalue weighted by Crippen LogP contribution is 2.45. The van der Waals surface area contributed by atoms with Gasteiger partial charge in [0.05, 0.1) is 0 Å². The van der Waals surface area contributed by atoms with Gasteiger partial charge in [-0.2, -0.15) is 0 Å². The largest absolute Gasteiger partial charge is 0.458 e. The minimum Gasteiger partial charge on any atom is -0.458 e. The molecule has 0 aliphatic carbocycles. The molecule has 1 aromatic heterocycles. The number of rotatable bonds is 7. The number of ether oxygens (including phenoxy) is 1. The van der Waals surface area contributed by atoms with E-state index in [1.807, 2.05) is 0 Å². The minimum absolute atomic E-state index is 0.0953. The van der Waals surface area contributed by atoms with Crippen LogP contribution in [0.1, 0.15) is 0 Å². The Morgan fingerprint density at radius 2 is 0.906 bits per heavy atom. The van der Waals surface area contributed by atoms with Gasteiger partial charge in [-0.25, -0.2) is 0 Å². The maximum atomic E-state index is 6.96. The molecule has 0 saturated carbocycles. The fourth-order valence-corrected chi connectivity index (χ4v) is 10.0. The Balaban J connectivity index is 0.975. The van der Waals surface area contributed by atoms with Gasteiger partial charge >= 0.3 is 0 Å². The second kappa shape index (κ2) is 14.6. The number of nitrogens with zero attached hydrogens (tertiary/aromatic N) is 3. The van der Waals surface area contributed by atoms with Crippen molar-refractivity contribution in [1.82, 2.24) is 0 Å². The molecule has 3 heterocycles. The van der Waals surface area contributed by atoms with E-state index in [9.17, 15) is 0 Å². The molecule has 300 valence electrons. The standard InChI is InChI=1S/C58H38BN3O2/c1-6-17-41(18-7-1)60(42-19-8-2-9-20-42)46-30-29-39-34-48-49-37-57-51(38-56(49)64-55(48)35-40(39)33-46)59-50-32-31-47(61(43-21-10-3-11-22-43)44-23-12-4-13-24-44)36-53(50)62(45-25-14-5-15-26-45)52-27-16-28-54(63-57)58(52)59/h1-38H. The molecule has 6 heteroatoms. The van der Waals surface area contributed by atoms with Gasteiger partial charge in [-0.05, 0) is 148 Å². The molecule has 0 N–H and O–H groups in total. The second-order valence-electron chi connectivity index (χ2n) is 16.5. The lowest BCUT2D eigenvalue weighted by molar-refractivity contribution is 0.488. The van der Waals surface area contributed by atoms with E-state index in [2.05, 4.69) is 245 Å². The van der Waals surface area contributed by atoms with E-state index < -0.39 is 0 Å². The van der Waals surface area contributed by atoms with Crippen LogP contribution < -0.4 is 35.8 Å². The van der Waals surface area contributed by atoms with Crippen molar-refractivity contribution in [2.75, 3.05) is 14.7 Å². The summed E-state index contributed by atoms with van der Waals surface area (Å²) in [5.74, 6) is 1.72. The van der Waals surface area contributed by atoms with Crippen molar-refractivity contribution < 1.29 is 9.15 Å². The van der Waals surface area contributed by atoms with Gasteiger partial charge in [-0.1, -0.05) is 109 Å². The highest BCUT2D eigenvalue weighted by molar-refractivity contribution is 6.99. The van der Waals surface area contributed by atoms with Gasteiger partial charge in [0.1, 0.15) is 22.7 Å². The molecule has 64 heavy (non-hydrogen) atoms. The molecule has 11 aromatic rings. The first-order valence-corrected chi connectivity index (χ1v) is 21.8. The van der Waals surface area contributed by atoms with Gasteiger partial charge in [0.25, 0.3) is 6.71 Å². The van der Waals surface area contributed by atoms with E-state index in [0.717, 1.165) is 106 Å². The quantitative estimate of drug-likeness (QED) is 0.150. The molecule has 0 fully saturated rings. The van der Waals surface area contributed by atoms with E-state index in [0.29, 0.717) is 0 Å². The van der Waals surface area contributed by atoms with Crippen molar-refractivity contribution in [2.24, 2.45) is 0 Å².